The summed E-state index contributed by atoms with van der Waals surface area (Å²) in [6.45, 7) is 2.07. The van der Waals surface area contributed by atoms with Gasteiger partial charge in [-0.1, -0.05) is 25.3 Å². The molecule has 2 aromatic carbocycles. The number of hydrogen-bond acceptors (Lipinski definition) is 4. The van der Waals surface area contributed by atoms with Crippen LogP contribution in [0.4, 0.5) is 5.69 Å². The van der Waals surface area contributed by atoms with Crippen molar-refractivity contribution in [2.45, 2.75) is 45.1 Å². The molecule has 3 aromatic rings. The maximum absolute atomic E-state index is 12.5. The van der Waals surface area contributed by atoms with E-state index in [-0.39, 0.29) is 6.04 Å². The summed E-state index contributed by atoms with van der Waals surface area (Å²) in [5.74, 6) is -1.05. The predicted molar refractivity (Wildman–Crippen MR) is 118 cm³/mol. The van der Waals surface area contributed by atoms with Crippen LogP contribution < -0.4 is 5.32 Å². The number of carbonyl (C=O) groups is 2. The standard InChI is InChI=1S/C23H25N3O2S/c1-15-8-13-19-20(14-15)29-22(25-19)16-9-11-17(12-10-16)24-21(27)23(28)26(2)18-6-4-3-5-7-18/h8-14,18H,3-7H2,1-2H3,(H,24,27). The van der Waals surface area contributed by atoms with Gasteiger partial charge in [-0.05, 0) is 61.7 Å². The third kappa shape index (κ3) is 4.32. The molecule has 1 heterocycles. The predicted octanol–water partition coefficient (Wildman–Crippen LogP) is 5.00. The SMILES string of the molecule is Cc1ccc2nc(-c3ccc(NC(=O)C(=O)N(C)C4CCCCC4)cc3)sc2c1. The molecule has 6 heteroatoms. The van der Waals surface area contributed by atoms with Crippen molar-refractivity contribution >= 4 is 39.1 Å². The van der Waals surface area contributed by atoms with Gasteiger partial charge in [0, 0.05) is 24.3 Å². The van der Waals surface area contributed by atoms with Crippen molar-refractivity contribution in [1.82, 2.24) is 9.88 Å². The van der Waals surface area contributed by atoms with Gasteiger partial charge >= 0.3 is 11.8 Å². The molecular weight excluding hydrogens is 382 g/mol. The van der Waals surface area contributed by atoms with Crippen LogP contribution in [-0.2, 0) is 9.59 Å². The first-order valence-electron chi connectivity index (χ1n) is 10.1. The molecule has 1 aliphatic rings. The van der Waals surface area contributed by atoms with Crippen LogP contribution in [0.25, 0.3) is 20.8 Å². The molecule has 1 aromatic heterocycles. The van der Waals surface area contributed by atoms with E-state index >= 15 is 0 Å². The summed E-state index contributed by atoms with van der Waals surface area (Å²) >= 11 is 1.65. The fraction of sp³-hybridized carbons (Fsp3) is 0.348. The first-order valence-corrected chi connectivity index (χ1v) is 10.9. The van der Waals surface area contributed by atoms with Crippen LogP contribution in [0.5, 0.6) is 0 Å². The summed E-state index contributed by atoms with van der Waals surface area (Å²) in [6, 6.07) is 13.9. The number of carbonyl (C=O) groups excluding carboxylic acids is 2. The molecular formula is C23H25N3O2S. The van der Waals surface area contributed by atoms with Crippen molar-refractivity contribution in [2.24, 2.45) is 0 Å². The lowest BCUT2D eigenvalue weighted by atomic mass is 9.94. The molecule has 5 nitrogen and oxygen atoms in total. The van der Waals surface area contributed by atoms with Crippen LogP contribution in [0.2, 0.25) is 0 Å². The number of nitrogens with one attached hydrogen (secondary N) is 1. The Labute approximate surface area is 174 Å². The second kappa shape index (κ2) is 8.33. The van der Waals surface area contributed by atoms with Crippen LogP contribution >= 0.6 is 11.3 Å². The second-order valence-electron chi connectivity index (χ2n) is 7.73. The van der Waals surface area contributed by atoms with Gasteiger partial charge in [-0.15, -0.1) is 11.3 Å². The Kier molecular flexibility index (Phi) is 5.62. The first kappa shape index (κ1) is 19.6. The summed E-state index contributed by atoms with van der Waals surface area (Å²) in [7, 11) is 1.73. The van der Waals surface area contributed by atoms with E-state index in [1.165, 1.54) is 12.0 Å². The highest BCUT2D eigenvalue weighted by atomic mass is 32.1. The summed E-state index contributed by atoms with van der Waals surface area (Å²) in [4.78, 5) is 31.1. The molecule has 0 atom stereocenters. The van der Waals surface area contributed by atoms with E-state index in [1.807, 2.05) is 30.3 Å². The third-order valence-electron chi connectivity index (χ3n) is 5.57. The molecule has 2 amide bonds. The maximum Gasteiger partial charge on any atom is 0.313 e. The van der Waals surface area contributed by atoms with Gasteiger partial charge in [0.2, 0.25) is 0 Å². The van der Waals surface area contributed by atoms with Gasteiger partial charge < -0.3 is 10.2 Å². The molecule has 1 N–H and O–H groups in total. The quantitative estimate of drug-likeness (QED) is 0.622. The largest absolute Gasteiger partial charge is 0.335 e. The molecule has 0 radical (unpaired) electrons. The molecule has 29 heavy (non-hydrogen) atoms. The average molecular weight is 408 g/mol. The van der Waals surface area contributed by atoms with E-state index in [0.717, 1.165) is 46.5 Å². The fourth-order valence-electron chi connectivity index (χ4n) is 3.83. The molecule has 0 bridgehead atoms. The van der Waals surface area contributed by atoms with Crippen LogP contribution in [0.15, 0.2) is 42.5 Å². The molecule has 0 aliphatic heterocycles. The molecule has 150 valence electrons. The van der Waals surface area contributed by atoms with Gasteiger partial charge in [0.15, 0.2) is 0 Å². The van der Waals surface area contributed by atoms with Crippen LogP contribution in [-0.4, -0.2) is 34.8 Å². The van der Waals surface area contributed by atoms with Gasteiger partial charge in [-0.3, -0.25) is 9.59 Å². The number of rotatable bonds is 3. The number of amides is 2. The zero-order chi connectivity index (χ0) is 20.4. The van der Waals surface area contributed by atoms with Crippen molar-refractivity contribution in [1.29, 1.82) is 0 Å². The maximum atomic E-state index is 12.5. The van der Waals surface area contributed by atoms with E-state index in [4.69, 9.17) is 0 Å². The molecule has 1 fully saturated rings. The molecule has 1 aliphatic carbocycles. The van der Waals surface area contributed by atoms with Crippen molar-refractivity contribution in [2.75, 3.05) is 12.4 Å². The fourth-order valence-corrected chi connectivity index (χ4v) is 4.90. The van der Waals surface area contributed by atoms with E-state index in [0.29, 0.717) is 5.69 Å². The highest BCUT2D eigenvalue weighted by Crippen LogP contribution is 2.31. The van der Waals surface area contributed by atoms with E-state index in [1.54, 1.807) is 23.3 Å². The van der Waals surface area contributed by atoms with Crippen molar-refractivity contribution in [3.63, 3.8) is 0 Å². The van der Waals surface area contributed by atoms with Gasteiger partial charge in [0.1, 0.15) is 5.01 Å². The number of thiazole rings is 1. The topological polar surface area (TPSA) is 62.3 Å². The zero-order valence-corrected chi connectivity index (χ0v) is 17.6. The minimum absolute atomic E-state index is 0.173. The Bertz CT molecular complexity index is 1040. The minimum atomic E-state index is -0.582. The summed E-state index contributed by atoms with van der Waals surface area (Å²) in [6.07, 6.45) is 5.41. The number of fused-ring (bicyclic) bond motifs is 1. The van der Waals surface area contributed by atoms with Gasteiger partial charge in [0.25, 0.3) is 0 Å². The average Bonchev–Trinajstić information content (AvgIpc) is 3.17. The van der Waals surface area contributed by atoms with Gasteiger partial charge in [-0.2, -0.15) is 0 Å². The Morgan fingerprint density at radius 1 is 1.07 bits per heavy atom. The lowest BCUT2D eigenvalue weighted by molar-refractivity contribution is -0.144. The number of nitrogens with zero attached hydrogens (tertiary/aromatic N) is 2. The summed E-state index contributed by atoms with van der Waals surface area (Å²) in [5, 5.41) is 3.67. The smallest absolute Gasteiger partial charge is 0.313 e. The Balaban J connectivity index is 1.43. The lowest BCUT2D eigenvalue weighted by Crippen LogP contribution is -2.44. The number of anilines is 1. The number of benzene rings is 2. The number of aromatic nitrogens is 1. The summed E-state index contributed by atoms with van der Waals surface area (Å²) < 4.78 is 1.16. The lowest BCUT2D eigenvalue weighted by Gasteiger charge is -2.30. The van der Waals surface area contributed by atoms with Crippen molar-refractivity contribution < 1.29 is 9.59 Å². The molecule has 4 rings (SSSR count). The molecule has 0 saturated heterocycles. The second-order valence-corrected chi connectivity index (χ2v) is 8.76. The van der Waals surface area contributed by atoms with Crippen LogP contribution in [0.1, 0.15) is 37.7 Å². The monoisotopic (exact) mass is 407 g/mol. The van der Waals surface area contributed by atoms with Crippen molar-refractivity contribution in [3.8, 4) is 10.6 Å². The van der Waals surface area contributed by atoms with E-state index < -0.39 is 11.8 Å². The van der Waals surface area contributed by atoms with Crippen LogP contribution in [0.3, 0.4) is 0 Å². The molecule has 0 spiro atoms. The minimum Gasteiger partial charge on any atom is -0.335 e. The van der Waals surface area contributed by atoms with Gasteiger partial charge in [0.05, 0.1) is 10.2 Å². The third-order valence-corrected chi connectivity index (χ3v) is 6.64. The zero-order valence-electron chi connectivity index (χ0n) is 16.8. The Morgan fingerprint density at radius 2 is 1.79 bits per heavy atom. The highest BCUT2D eigenvalue weighted by Gasteiger charge is 2.26. The summed E-state index contributed by atoms with van der Waals surface area (Å²) in [5.41, 5.74) is 3.81. The first-order chi connectivity index (χ1) is 14.0. The van der Waals surface area contributed by atoms with E-state index in [2.05, 4.69) is 29.4 Å². The number of likely N-dealkylation sites (N-methyl/N-ethyl adjacent to an activating group) is 1. The van der Waals surface area contributed by atoms with Gasteiger partial charge in [-0.25, -0.2) is 4.98 Å². The van der Waals surface area contributed by atoms with Crippen molar-refractivity contribution in [3.05, 3.63) is 48.0 Å². The Morgan fingerprint density at radius 3 is 2.52 bits per heavy atom. The van der Waals surface area contributed by atoms with E-state index in [9.17, 15) is 9.59 Å². The molecule has 1 saturated carbocycles. The Hall–Kier alpha value is -2.73. The number of aryl methyl sites for hydroxylation is 1. The molecule has 0 unspecified atom stereocenters. The van der Waals surface area contributed by atoms with Crippen LogP contribution in [0, 0.1) is 6.92 Å². The number of hydrogen-bond donors (Lipinski definition) is 1. The normalized spacial score (nSPS) is 14.7. The highest BCUT2D eigenvalue weighted by molar-refractivity contribution is 7.21.